The van der Waals surface area contributed by atoms with Gasteiger partial charge in [-0.1, -0.05) is 0 Å². The summed E-state index contributed by atoms with van der Waals surface area (Å²) in [6.45, 7) is 5.05. The molecule has 3 nitrogen and oxygen atoms in total. The van der Waals surface area contributed by atoms with Gasteiger partial charge in [-0.15, -0.1) is 0 Å². The highest BCUT2D eigenvalue weighted by Gasteiger charge is 1.83. The van der Waals surface area contributed by atoms with Crippen molar-refractivity contribution < 1.29 is 4.52 Å². The van der Waals surface area contributed by atoms with Crippen LogP contribution in [0.15, 0.2) is 4.52 Å². The highest BCUT2D eigenvalue weighted by molar-refractivity contribution is 7.71. The lowest BCUT2D eigenvalue weighted by Crippen LogP contribution is -1.67. The first-order valence-corrected chi connectivity index (χ1v) is 2.01. The van der Waals surface area contributed by atoms with Crippen LogP contribution < -0.4 is 0 Å². The maximum absolute atomic E-state index is 5.05. The third-order valence-corrected chi connectivity index (χ3v) is 0.629. The largest absolute Gasteiger partial charge is 0.348 e. The van der Waals surface area contributed by atoms with E-state index >= 15 is 0 Å². The number of rotatable bonds is 0. The van der Waals surface area contributed by atoms with Gasteiger partial charge in [0.15, 0.2) is 0 Å². The number of nitrogens with one attached hydrogen (secondary N) is 1. The van der Waals surface area contributed by atoms with Gasteiger partial charge in [-0.25, -0.2) is 5.16 Å². The van der Waals surface area contributed by atoms with Crippen molar-refractivity contribution in [2.75, 3.05) is 0 Å². The van der Waals surface area contributed by atoms with Crippen LogP contribution >= 0.6 is 12.2 Å². The van der Waals surface area contributed by atoms with Crippen molar-refractivity contribution in [3.8, 4) is 0 Å². The molecule has 2 radical (unpaired) electrons. The van der Waals surface area contributed by atoms with Crippen molar-refractivity contribution in [3.05, 3.63) is 17.6 Å². The van der Waals surface area contributed by atoms with E-state index in [0.717, 1.165) is 0 Å². The van der Waals surface area contributed by atoms with Crippen LogP contribution in [0.1, 0.15) is 5.82 Å². The predicted octanol–water partition coefficient (Wildman–Crippen LogP) is 0.791. The van der Waals surface area contributed by atoms with Crippen LogP contribution in [-0.2, 0) is 0 Å². The van der Waals surface area contributed by atoms with E-state index in [1.165, 1.54) is 0 Å². The zero-order chi connectivity index (χ0) is 5.28. The Labute approximate surface area is 45.3 Å². The molecule has 0 aliphatic heterocycles. The summed E-state index contributed by atoms with van der Waals surface area (Å²) in [4.78, 5) is 3.62. The Hall–Kier alpha value is -0.640. The summed E-state index contributed by atoms with van der Waals surface area (Å²) in [6, 6.07) is 0. The minimum absolute atomic E-state index is 0.137. The lowest BCUT2D eigenvalue weighted by molar-refractivity contribution is 0.402. The van der Waals surface area contributed by atoms with Crippen molar-refractivity contribution in [2.45, 2.75) is 0 Å². The summed E-state index contributed by atoms with van der Waals surface area (Å²) >= 11 is 4.44. The molecule has 0 atom stereocenters. The van der Waals surface area contributed by atoms with Gasteiger partial charge in [-0.05, 0) is 12.2 Å². The number of hydrogen-bond acceptors (Lipinski definition) is 3. The van der Waals surface area contributed by atoms with Gasteiger partial charge < -0.3 is 4.52 Å². The fourth-order valence-corrected chi connectivity index (χ4v) is 0.380. The zero-order valence-electron chi connectivity index (χ0n) is 3.34. The maximum atomic E-state index is 5.05. The van der Waals surface area contributed by atoms with Crippen LogP contribution in [0.25, 0.3) is 0 Å². The van der Waals surface area contributed by atoms with E-state index in [2.05, 4.69) is 26.9 Å². The van der Waals surface area contributed by atoms with E-state index in [9.17, 15) is 0 Å². The summed E-state index contributed by atoms with van der Waals surface area (Å²) in [5.41, 5.74) is 0. The number of H-pyrrole nitrogens is 1. The maximum Gasteiger partial charge on any atom is 0.314 e. The van der Waals surface area contributed by atoms with Crippen molar-refractivity contribution >= 4 is 12.2 Å². The van der Waals surface area contributed by atoms with Crippen LogP contribution in [-0.4, -0.2) is 10.1 Å². The van der Waals surface area contributed by atoms with Crippen molar-refractivity contribution in [2.24, 2.45) is 0 Å². The topological polar surface area (TPSA) is 41.8 Å². The summed E-state index contributed by atoms with van der Waals surface area (Å²) < 4.78 is 4.42. The van der Waals surface area contributed by atoms with E-state index in [0.29, 0.717) is 0 Å². The Balaban J connectivity index is 3.30. The summed E-state index contributed by atoms with van der Waals surface area (Å²) in [5, 5.41) is 2.26. The second-order valence-electron chi connectivity index (χ2n) is 0.967. The first-order chi connectivity index (χ1) is 3.29. The summed E-state index contributed by atoms with van der Waals surface area (Å²) in [7, 11) is 0. The van der Waals surface area contributed by atoms with Gasteiger partial charge >= 0.3 is 4.84 Å². The van der Waals surface area contributed by atoms with Crippen LogP contribution in [0.4, 0.5) is 0 Å². The van der Waals surface area contributed by atoms with Gasteiger partial charge in [0.05, 0.1) is 0 Å². The van der Waals surface area contributed by atoms with E-state index in [1.807, 2.05) is 0 Å². The molecule has 0 spiro atoms. The van der Waals surface area contributed by atoms with Crippen LogP contribution in [0, 0.1) is 11.8 Å². The van der Waals surface area contributed by atoms with Crippen molar-refractivity contribution in [1.82, 2.24) is 10.1 Å². The van der Waals surface area contributed by atoms with Gasteiger partial charge in [0.1, 0.15) is 5.82 Å². The lowest BCUT2D eigenvalue weighted by atomic mass is 10.8. The predicted molar refractivity (Wildman–Crippen MR) is 25.1 cm³/mol. The smallest absolute Gasteiger partial charge is 0.314 e. The Morgan fingerprint density at radius 3 is 2.71 bits per heavy atom. The van der Waals surface area contributed by atoms with Gasteiger partial charge in [-0.3, -0.25) is 0 Å². The molecule has 0 amide bonds. The van der Waals surface area contributed by atoms with Crippen LogP contribution in [0.2, 0.25) is 0 Å². The van der Waals surface area contributed by atoms with Crippen LogP contribution in [0.5, 0.6) is 0 Å². The average Bonchev–Trinajstić information content (AvgIpc) is 1.87. The molecule has 0 bridgehead atoms. The first-order valence-electron chi connectivity index (χ1n) is 1.60. The fourth-order valence-electron chi connectivity index (χ4n) is 0.240. The molecular formula is C3H2N2OS. The van der Waals surface area contributed by atoms with E-state index in [1.54, 1.807) is 0 Å². The van der Waals surface area contributed by atoms with Crippen molar-refractivity contribution in [1.29, 1.82) is 0 Å². The second kappa shape index (κ2) is 1.46. The van der Waals surface area contributed by atoms with E-state index < -0.39 is 0 Å². The number of hydrogen-bond donors (Lipinski definition) is 1. The highest BCUT2D eigenvalue weighted by atomic mass is 32.1. The van der Waals surface area contributed by atoms with Gasteiger partial charge in [0.25, 0.3) is 0 Å². The van der Waals surface area contributed by atoms with Crippen molar-refractivity contribution in [3.63, 3.8) is 0 Å². The SMILES string of the molecule is [CH]c1nc(=S)o[nH]1. The standard InChI is InChI=1S/C3H2N2OS/c1-2-4-3(7)6-5-2/h1H,(H,4,5,7). The monoisotopic (exact) mass is 114 g/mol. The highest BCUT2D eigenvalue weighted by Crippen LogP contribution is 1.84. The Kier molecular flexibility index (Phi) is 0.941. The summed E-state index contributed by atoms with van der Waals surface area (Å²) in [6.07, 6.45) is 0. The Morgan fingerprint density at radius 1 is 1.86 bits per heavy atom. The van der Waals surface area contributed by atoms with Gasteiger partial charge in [0, 0.05) is 6.92 Å². The third-order valence-electron chi connectivity index (χ3n) is 0.455. The molecular weight excluding hydrogens is 112 g/mol. The molecule has 0 aliphatic rings. The molecule has 4 heteroatoms. The summed E-state index contributed by atoms with van der Waals surface area (Å²) in [5.74, 6) is 0.213. The van der Waals surface area contributed by atoms with Gasteiger partial charge in [0.2, 0.25) is 0 Å². The molecule has 0 saturated carbocycles. The van der Waals surface area contributed by atoms with E-state index in [4.69, 9.17) is 6.92 Å². The Morgan fingerprint density at radius 2 is 2.57 bits per heavy atom. The second-order valence-corrected chi connectivity index (χ2v) is 1.32. The number of nitrogens with zero attached hydrogens (tertiary/aromatic N) is 1. The molecule has 36 valence electrons. The third kappa shape index (κ3) is 0.866. The molecule has 0 aromatic carbocycles. The zero-order valence-corrected chi connectivity index (χ0v) is 4.16. The fraction of sp³-hybridized carbons (Fsp3) is 0. The molecule has 1 aromatic rings. The first kappa shape index (κ1) is 4.52. The quantitative estimate of drug-likeness (QED) is 0.507. The molecule has 0 unspecified atom stereocenters. The van der Waals surface area contributed by atoms with E-state index in [-0.39, 0.29) is 10.7 Å². The van der Waals surface area contributed by atoms with Gasteiger partial charge in [-0.2, -0.15) is 4.98 Å². The number of aromatic nitrogens is 2. The normalized spacial score (nSPS) is 9.29. The molecule has 1 rings (SSSR count). The molecule has 0 fully saturated rings. The molecule has 1 aromatic heterocycles. The lowest BCUT2D eigenvalue weighted by Gasteiger charge is -1.64. The minimum atomic E-state index is 0.137. The molecule has 0 saturated heterocycles. The molecule has 1 N–H and O–H groups in total. The van der Waals surface area contributed by atoms with Crippen LogP contribution in [0.3, 0.4) is 0 Å². The average molecular weight is 114 g/mol. The number of aromatic amines is 1. The Bertz CT molecular complexity index is 201. The molecule has 1 heterocycles. The molecule has 0 aliphatic carbocycles. The molecule has 7 heavy (non-hydrogen) atoms. The minimum Gasteiger partial charge on any atom is -0.348 e.